The number of nitrogens with one attached hydrogen (secondary N) is 2. The molecule has 1 aromatic carbocycles. The van der Waals surface area contributed by atoms with Crippen molar-refractivity contribution >= 4 is 17.7 Å². The molecule has 128 valence electrons. The standard InChI is InChI=1S/C13H14F4N2O4/c1-3-23-10(20)12(22-2,13(15,16)17)19-11(21)18-9-6-4-8(14)5-7-9/h4-7H,3H2,1-2H3,(H2,18,19,21)/t12-/m0/s1. The Balaban J connectivity index is 2.98. The lowest BCUT2D eigenvalue weighted by Crippen LogP contribution is -2.66. The Morgan fingerprint density at radius 2 is 1.74 bits per heavy atom. The fourth-order valence-corrected chi connectivity index (χ4v) is 1.58. The van der Waals surface area contributed by atoms with Crippen molar-refractivity contribution in [2.45, 2.75) is 18.8 Å². The average molecular weight is 338 g/mol. The van der Waals surface area contributed by atoms with Crippen molar-refractivity contribution in [3.8, 4) is 0 Å². The molecule has 0 saturated carbocycles. The molecular weight excluding hydrogens is 324 g/mol. The molecular formula is C13H14F4N2O4. The normalized spacial score (nSPS) is 13.8. The Morgan fingerprint density at radius 1 is 1.17 bits per heavy atom. The van der Waals surface area contributed by atoms with Gasteiger partial charge in [0, 0.05) is 12.8 Å². The number of amides is 2. The minimum atomic E-state index is -5.27. The number of hydrogen-bond acceptors (Lipinski definition) is 4. The van der Waals surface area contributed by atoms with Crippen molar-refractivity contribution in [3.63, 3.8) is 0 Å². The Bertz CT molecular complexity index is 562. The van der Waals surface area contributed by atoms with Crippen LogP contribution in [0.5, 0.6) is 0 Å². The SMILES string of the molecule is CCOC(=O)[C@](NC(=O)Nc1ccc(F)cc1)(OC)C(F)(F)F. The van der Waals surface area contributed by atoms with Crippen molar-refractivity contribution in [2.75, 3.05) is 19.0 Å². The van der Waals surface area contributed by atoms with Crippen LogP contribution in [0.3, 0.4) is 0 Å². The molecule has 0 radical (unpaired) electrons. The zero-order valence-electron chi connectivity index (χ0n) is 12.2. The molecule has 0 spiro atoms. The van der Waals surface area contributed by atoms with Gasteiger partial charge in [-0.05, 0) is 31.2 Å². The van der Waals surface area contributed by atoms with Crippen LogP contribution in [0, 0.1) is 5.82 Å². The molecule has 1 atom stereocenters. The Labute approximate surface area is 128 Å². The molecule has 0 heterocycles. The van der Waals surface area contributed by atoms with E-state index in [0.29, 0.717) is 7.11 Å². The average Bonchev–Trinajstić information content (AvgIpc) is 2.46. The summed E-state index contributed by atoms with van der Waals surface area (Å²) in [6.07, 6.45) is -5.27. The number of methoxy groups -OCH3 is 1. The predicted octanol–water partition coefficient (Wildman–Crippen LogP) is 2.42. The molecule has 2 N–H and O–H groups in total. The van der Waals surface area contributed by atoms with Gasteiger partial charge in [0.1, 0.15) is 5.82 Å². The Kier molecular flexibility index (Phi) is 5.91. The summed E-state index contributed by atoms with van der Waals surface area (Å²) in [7, 11) is 0.600. The number of carbonyl (C=O) groups is 2. The molecule has 1 rings (SSSR count). The van der Waals surface area contributed by atoms with Crippen molar-refractivity contribution in [1.82, 2.24) is 5.32 Å². The molecule has 1 aromatic rings. The summed E-state index contributed by atoms with van der Waals surface area (Å²) in [6, 6.07) is 2.86. The van der Waals surface area contributed by atoms with Crippen LogP contribution in [0.15, 0.2) is 24.3 Å². The van der Waals surface area contributed by atoms with Crippen molar-refractivity contribution in [2.24, 2.45) is 0 Å². The molecule has 2 amide bonds. The zero-order chi connectivity index (χ0) is 17.7. The Hall–Kier alpha value is -2.36. The summed E-state index contributed by atoms with van der Waals surface area (Å²) in [6.45, 7) is 0.953. The van der Waals surface area contributed by atoms with E-state index in [9.17, 15) is 27.2 Å². The molecule has 6 nitrogen and oxygen atoms in total. The van der Waals surface area contributed by atoms with Crippen molar-refractivity contribution in [3.05, 3.63) is 30.1 Å². The van der Waals surface area contributed by atoms with Crippen LogP contribution >= 0.6 is 0 Å². The number of ether oxygens (including phenoxy) is 2. The third-order valence-corrected chi connectivity index (χ3v) is 2.66. The van der Waals surface area contributed by atoms with Crippen LogP contribution in [0.2, 0.25) is 0 Å². The van der Waals surface area contributed by atoms with Gasteiger partial charge in [-0.2, -0.15) is 13.2 Å². The lowest BCUT2D eigenvalue weighted by molar-refractivity contribution is -0.276. The van der Waals surface area contributed by atoms with E-state index >= 15 is 0 Å². The summed E-state index contributed by atoms with van der Waals surface area (Å²) in [4.78, 5) is 23.3. The summed E-state index contributed by atoms with van der Waals surface area (Å²) in [5.74, 6) is -2.41. The van der Waals surface area contributed by atoms with Gasteiger partial charge in [0.05, 0.1) is 6.61 Å². The van der Waals surface area contributed by atoms with E-state index in [-0.39, 0.29) is 12.3 Å². The minimum Gasteiger partial charge on any atom is -0.462 e. The molecule has 0 bridgehead atoms. The second-order valence-electron chi connectivity index (χ2n) is 4.19. The molecule has 0 aliphatic carbocycles. The lowest BCUT2D eigenvalue weighted by atomic mass is 10.2. The lowest BCUT2D eigenvalue weighted by Gasteiger charge is -2.32. The van der Waals surface area contributed by atoms with E-state index in [1.807, 2.05) is 5.32 Å². The third-order valence-electron chi connectivity index (χ3n) is 2.66. The van der Waals surface area contributed by atoms with Gasteiger partial charge in [-0.3, -0.25) is 5.32 Å². The Morgan fingerprint density at radius 3 is 2.17 bits per heavy atom. The molecule has 0 aliphatic heterocycles. The molecule has 10 heteroatoms. The molecule has 0 unspecified atom stereocenters. The number of alkyl halides is 3. The largest absolute Gasteiger partial charge is 0.462 e. The number of benzene rings is 1. The van der Waals surface area contributed by atoms with Gasteiger partial charge in [0.2, 0.25) is 0 Å². The maximum absolute atomic E-state index is 13.2. The molecule has 0 aliphatic rings. The van der Waals surface area contributed by atoms with Gasteiger partial charge < -0.3 is 14.8 Å². The van der Waals surface area contributed by atoms with E-state index < -0.39 is 29.7 Å². The summed E-state index contributed by atoms with van der Waals surface area (Å²) in [5.41, 5.74) is -3.65. The van der Waals surface area contributed by atoms with E-state index in [4.69, 9.17) is 0 Å². The number of rotatable bonds is 5. The molecule has 0 saturated heterocycles. The monoisotopic (exact) mass is 338 g/mol. The highest BCUT2D eigenvalue weighted by molar-refractivity contribution is 5.94. The quantitative estimate of drug-likeness (QED) is 0.491. The van der Waals surface area contributed by atoms with E-state index in [2.05, 4.69) is 9.47 Å². The number of carbonyl (C=O) groups excluding carboxylic acids is 2. The highest BCUT2D eigenvalue weighted by Crippen LogP contribution is 2.32. The van der Waals surface area contributed by atoms with Crippen LogP contribution < -0.4 is 10.6 Å². The van der Waals surface area contributed by atoms with Crippen LogP contribution in [0.25, 0.3) is 0 Å². The minimum absolute atomic E-state index is 0.0138. The van der Waals surface area contributed by atoms with E-state index in [1.54, 1.807) is 0 Å². The molecule has 0 fully saturated rings. The summed E-state index contributed by atoms with van der Waals surface area (Å²) < 4.78 is 60.8. The maximum atomic E-state index is 13.2. The highest BCUT2D eigenvalue weighted by Gasteiger charge is 2.64. The topological polar surface area (TPSA) is 76.7 Å². The number of anilines is 1. The molecule has 0 aromatic heterocycles. The van der Waals surface area contributed by atoms with Gasteiger partial charge in [0.15, 0.2) is 0 Å². The highest BCUT2D eigenvalue weighted by atomic mass is 19.4. The van der Waals surface area contributed by atoms with Crippen molar-refractivity contribution in [1.29, 1.82) is 0 Å². The second kappa shape index (κ2) is 7.27. The first kappa shape index (κ1) is 18.7. The van der Waals surface area contributed by atoms with E-state index in [0.717, 1.165) is 24.3 Å². The first-order valence-electron chi connectivity index (χ1n) is 6.30. The van der Waals surface area contributed by atoms with Crippen LogP contribution in [-0.4, -0.2) is 37.6 Å². The fourth-order valence-electron chi connectivity index (χ4n) is 1.58. The fraction of sp³-hybridized carbons (Fsp3) is 0.385. The van der Waals surface area contributed by atoms with Crippen LogP contribution in [-0.2, 0) is 14.3 Å². The first-order valence-corrected chi connectivity index (χ1v) is 6.30. The predicted molar refractivity (Wildman–Crippen MR) is 71.0 cm³/mol. The number of halogens is 4. The van der Waals surface area contributed by atoms with Gasteiger partial charge in [-0.25, -0.2) is 14.0 Å². The van der Waals surface area contributed by atoms with Gasteiger partial charge >= 0.3 is 23.9 Å². The molecule has 23 heavy (non-hydrogen) atoms. The number of esters is 1. The summed E-state index contributed by atoms with van der Waals surface area (Å²) in [5, 5.41) is 3.43. The van der Waals surface area contributed by atoms with Crippen LogP contribution in [0.1, 0.15) is 6.92 Å². The van der Waals surface area contributed by atoms with Gasteiger partial charge in [0.25, 0.3) is 0 Å². The third kappa shape index (κ3) is 4.31. The second-order valence-corrected chi connectivity index (χ2v) is 4.19. The first-order chi connectivity index (χ1) is 10.7. The van der Waals surface area contributed by atoms with Gasteiger partial charge in [-0.15, -0.1) is 0 Å². The van der Waals surface area contributed by atoms with Gasteiger partial charge in [-0.1, -0.05) is 0 Å². The zero-order valence-corrected chi connectivity index (χ0v) is 12.2. The van der Waals surface area contributed by atoms with Crippen LogP contribution in [0.4, 0.5) is 28.0 Å². The van der Waals surface area contributed by atoms with Crippen molar-refractivity contribution < 1.29 is 36.6 Å². The van der Waals surface area contributed by atoms with E-state index in [1.165, 1.54) is 12.2 Å². The number of urea groups is 1. The smallest absolute Gasteiger partial charge is 0.448 e. The number of hydrogen-bond donors (Lipinski definition) is 2. The maximum Gasteiger partial charge on any atom is 0.448 e. The summed E-state index contributed by atoms with van der Waals surface area (Å²) >= 11 is 0.